The Morgan fingerprint density at radius 1 is 1.48 bits per heavy atom. The lowest BCUT2D eigenvalue weighted by Crippen LogP contribution is -2.39. The summed E-state index contributed by atoms with van der Waals surface area (Å²) in [4.78, 5) is 14.6. The second-order valence-corrected chi connectivity index (χ2v) is 5.72. The molecule has 1 aliphatic heterocycles. The molecule has 1 aromatic heterocycles. The van der Waals surface area contributed by atoms with Crippen LogP contribution in [-0.2, 0) is 4.79 Å². The van der Waals surface area contributed by atoms with Crippen molar-refractivity contribution in [2.75, 3.05) is 13.1 Å². The monoisotopic (exact) mass is 336 g/mol. The summed E-state index contributed by atoms with van der Waals surface area (Å²) < 4.78 is 1.82. The van der Waals surface area contributed by atoms with Crippen molar-refractivity contribution < 1.29 is 4.79 Å². The second-order valence-electron chi connectivity index (χ2n) is 5.72. The molecule has 2 rings (SSSR count). The Labute approximate surface area is 139 Å². The van der Waals surface area contributed by atoms with E-state index in [0.717, 1.165) is 24.4 Å². The molecule has 2 N–H and O–H groups in total. The smallest absolute Gasteiger partial charge is 0.247 e. The van der Waals surface area contributed by atoms with E-state index < -0.39 is 0 Å². The summed E-state index contributed by atoms with van der Waals surface area (Å²) in [5.74, 6) is 0.584. The van der Waals surface area contributed by atoms with Crippen molar-refractivity contribution in [2.24, 2.45) is 11.7 Å². The molecule has 7 heteroatoms. The topological polar surface area (TPSA) is 64.2 Å². The zero-order valence-electron chi connectivity index (χ0n) is 13.1. The highest BCUT2D eigenvalue weighted by Gasteiger charge is 2.34. The van der Waals surface area contributed by atoms with Gasteiger partial charge < -0.3 is 10.6 Å². The molecular formula is C14H26Cl2N4O. The van der Waals surface area contributed by atoms with Crippen LogP contribution in [0.3, 0.4) is 0 Å². The molecule has 0 aromatic carbocycles. The molecular weight excluding hydrogens is 311 g/mol. The van der Waals surface area contributed by atoms with Gasteiger partial charge in [0, 0.05) is 18.3 Å². The maximum Gasteiger partial charge on any atom is 0.247 e. The Kier molecular flexibility index (Phi) is 7.71. The molecule has 1 amide bonds. The highest BCUT2D eigenvalue weighted by molar-refractivity contribution is 5.85. The summed E-state index contributed by atoms with van der Waals surface area (Å²) in [5.41, 5.74) is 7.70. The van der Waals surface area contributed by atoms with Crippen LogP contribution < -0.4 is 5.73 Å². The molecule has 1 aliphatic rings. The molecule has 3 atom stereocenters. The van der Waals surface area contributed by atoms with Gasteiger partial charge in [0.2, 0.25) is 5.91 Å². The minimum absolute atomic E-state index is 0. The highest BCUT2D eigenvalue weighted by Crippen LogP contribution is 2.25. The van der Waals surface area contributed by atoms with Crippen LogP contribution in [0.2, 0.25) is 0 Å². The first kappa shape index (κ1) is 20.2. The first-order chi connectivity index (χ1) is 8.93. The van der Waals surface area contributed by atoms with Gasteiger partial charge in [0.1, 0.15) is 6.04 Å². The second kappa shape index (κ2) is 8.01. The number of hydrogen-bond acceptors (Lipinski definition) is 3. The van der Waals surface area contributed by atoms with Gasteiger partial charge in [-0.15, -0.1) is 24.8 Å². The van der Waals surface area contributed by atoms with Crippen LogP contribution in [0.25, 0.3) is 0 Å². The maximum absolute atomic E-state index is 12.6. The number of nitrogens with zero attached hydrogens (tertiary/aromatic N) is 3. The van der Waals surface area contributed by atoms with Crippen molar-refractivity contribution in [3.05, 3.63) is 17.5 Å². The molecule has 1 fully saturated rings. The molecule has 3 unspecified atom stereocenters. The average molecular weight is 337 g/mol. The fourth-order valence-corrected chi connectivity index (χ4v) is 3.00. The zero-order valence-corrected chi connectivity index (χ0v) is 14.7. The highest BCUT2D eigenvalue weighted by atomic mass is 35.5. The van der Waals surface area contributed by atoms with Gasteiger partial charge in [-0.25, -0.2) is 0 Å². The van der Waals surface area contributed by atoms with Crippen LogP contribution in [0.5, 0.6) is 0 Å². The van der Waals surface area contributed by atoms with Gasteiger partial charge in [-0.05, 0) is 52.6 Å². The summed E-state index contributed by atoms with van der Waals surface area (Å²) >= 11 is 0. The third-order valence-electron chi connectivity index (χ3n) is 4.05. The Hall–Kier alpha value is -0.780. The van der Waals surface area contributed by atoms with Crippen LogP contribution in [0, 0.1) is 19.8 Å². The number of halogens is 2. The van der Waals surface area contributed by atoms with Gasteiger partial charge in [0.05, 0.1) is 5.69 Å². The number of carbonyl (C=O) groups excluding carboxylic acids is 1. The lowest BCUT2D eigenvalue weighted by molar-refractivity contribution is -0.135. The van der Waals surface area contributed by atoms with Gasteiger partial charge in [-0.2, -0.15) is 5.10 Å². The van der Waals surface area contributed by atoms with Gasteiger partial charge in [0.15, 0.2) is 0 Å². The SMILES string of the molecule is Cc1cc(C)n(C(C)C(=O)N2CC(CN)CC2C)n1.Cl.Cl. The lowest BCUT2D eigenvalue weighted by atomic mass is 10.1. The molecule has 2 heterocycles. The summed E-state index contributed by atoms with van der Waals surface area (Å²) in [5, 5.41) is 4.41. The van der Waals surface area contributed by atoms with Crippen molar-refractivity contribution >= 4 is 30.7 Å². The van der Waals surface area contributed by atoms with Gasteiger partial charge in [0.25, 0.3) is 0 Å². The minimum Gasteiger partial charge on any atom is -0.338 e. The van der Waals surface area contributed by atoms with E-state index in [0.29, 0.717) is 12.5 Å². The standard InChI is InChI=1S/C14H24N4O.2ClH/c1-9-5-11(3)18(16-9)12(4)14(19)17-8-13(7-15)6-10(17)2;;/h5,10,12-13H,6-8,15H2,1-4H3;2*1H. The number of rotatable bonds is 3. The summed E-state index contributed by atoms with van der Waals surface area (Å²) in [6.07, 6.45) is 1.01. The van der Waals surface area contributed by atoms with Crippen LogP contribution >= 0.6 is 24.8 Å². The summed E-state index contributed by atoms with van der Waals surface area (Å²) in [7, 11) is 0. The molecule has 5 nitrogen and oxygen atoms in total. The summed E-state index contributed by atoms with van der Waals surface area (Å²) in [6, 6.07) is 2.04. The molecule has 0 aliphatic carbocycles. The van der Waals surface area contributed by atoms with E-state index in [1.165, 1.54) is 0 Å². The van der Waals surface area contributed by atoms with E-state index in [-0.39, 0.29) is 42.8 Å². The number of hydrogen-bond donors (Lipinski definition) is 1. The number of nitrogens with two attached hydrogens (primary N) is 1. The van der Waals surface area contributed by atoms with Crippen LogP contribution in [0.15, 0.2) is 6.07 Å². The van der Waals surface area contributed by atoms with Gasteiger partial charge in [-0.1, -0.05) is 0 Å². The average Bonchev–Trinajstić information content (AvgIpc) is 2.90. The normalized spacial score (nSPS) is 22.4. The minimum atomic E-state index is -0.243. The molecule has 0 radical (unpaired) electrons. The van der Waals surface area contributed by atoms with Crippen molar-refractivity contribution in [1.29, 1.82) is 0 Å². The van der Waals surface area contributed by atoms with Gasteiger partial charge in [-0.3, -0.25) is 9.48 Å². The van der Waals surface area contributed by atoms with E-state index in [9.17, 15) is 4.79 Å². The zero-order chi connectivity index (χ0) is 14.2. The van der Waals surface area contributed by atoms with Gasteiger partial charge >= 0.3 is 0 Å². The fourth-order valence-electron chi connectivity index (χ4n) is 3.00. The molecule has 1 saturated heterocycles. The Morgan fingerprint density at radius 2 is 2.10 bits per heavy atom. The Balaban J connectivity index is 0.00000200. The van der Waals surface area contributed by atoms with Crippen molar-refractivity contribution in [3.8, 4) is 0 Å². The molecule has 21 heavy (non-hydrogen) atoms. The van der Waals surface area contributed by atoms with E-state index in [1.54, 1.807) is 0 Å². The van der Waals surface area contributed by atoms with Crippen molar-refractivity contribution in [1.82, 2.24) is 14.7 Å². The molecule has 0 bridgehead atoms. The third kappa shape index (κ3) is 4.11. The van der Waals surface area contributed by atoms with E-state index in [4.69, 9.17) is 5.73 Å². The number of aromatic nitrogens is 2. The maximum atomic E-state index is 12.6. The van der Waals surface area contributed by atoms with Crippen LogP contribution in [0.1, 0.15) is 37.7 Å². The van der Waals surface area contributed by atoms with Crippen molar-refractivity contribution in [3.63, 3.8) is 0 Å². The number of aryl methyl sites for hydroxylation is 2. The summed E-state index contributed by atoms with van der Waals surface area (Å²) in [6.45, 7) is 9.39. The molecule has 122 valence electrons. The molecule has 0 saturated carbocycles. The Bertz CT molecular complexity index is 478. The lowest BCUT2D eigenvalue weighted by Gasteiger charge is -2.25. The third-order valence-corrected chi connectivity index (χ3v) is 4.05. The predicted octanol–water partition coefficient (Wildman–Crippen LogP) is 2.10. The van der Waals surface area contributed by atoms with E-state index in [1.807, 2.05) is 36.4 Å². The predicted molar refractivity (Wildman–Crippen MR) is 89.2 cm³/mol. The van der Waals surface area contributed by atoms with Crippen LogP contribution in [0.4, 0.5) is 0 Å². The number of carbonyl (C=O) groups is 1. The van der Waals surface area contributed by atoms with Crippen LogP contribution in [-0.4, -0.2) is 39.7 Å². The quantitative estimate of drug-likeness (QED) is 0.919. The van der Waals surface area contributed by atoms with E-state index >= 15 is 0 Å². The molecule has 1 aromatic rings. The molecule has 0 spiro atoms. The fraction of sp³-hybridized carbons (Fsp3) is 0.714. The number of amides is 1. The van der Waals surface area contributed by atoms with E-state index in [2.05, 4.69) is 12.0 Å². The Morgan fingerprint density at radius 3 is 2.52 bits per heavy atom. The largest absolute Gasteiger partial charge is 0.338 e. The first-order valence-corrected chi connectivity index (χ1v) is 6.97. The number of likely N-dealkylation sites (tertiary alicyclic amines) is 1. The van der Waals surface area contributed by atoms with Crippen molar-refractivity contribution in [2.45, 2.75) is 46.2 Å². The first-order valence-electron chi connectivity index (χ1n) is 6.97.